The van der Waals surface area contributed by atoms with E-state index in [1.807, 2.05) is 48.5 Å². The number of nitriles is 1. The van der Waals surface area contributed by atoms with Crippen LogP contribution < -0.4 is 26.2 Å². The molecule has 4 aliphatic heterocycles. The summed E-state index contributed by atoms with van der Waals surface area (Å²) in [5, 5.41) is 20.2. The first-order valence-corrected chi connectivity index (χ1v) is 24.6. The fraction of sp³-hybridized carbons (Fsp3) is 0.404. The Morgan fingerprint density at radius 1 is 0.937 bits per heavy atom. The Hall–Kier alpha value is -5.76. The van der Waals surface area contributed by atoms with Gasteiger partial charge in [-0.25, -0.2) is 4.98 Å². The third-order valence-electron chi connectivity index (χ3n) is 12.5. The van der Waals surface area contributed by atoms with Crippen molar-refractivity contribution in [2.24, 2.45) is 0 Å². The Morgan fingerprint density at radius 2 is 1.71 bits per heavy atom. The van der Waals surface area contributed by atoms with Crippen LogP contribution in [0.25, 0.3) is 0 Å². The second-order valence-electron chi connectivity index (χ2n) is 16.9. The Morgan fingerprint density at radius 3 is 2.44 bits per heavy atom. The van der Waals surface area contributed by atoms with Gasteiger partial charge in [-0.2, -0.15) is 10.2 Å². The number of hydrogen-bond donors (Lipinski definition) is 3. The number of aryl methyl sites for hydroxylation is 1. The van der Waals surface area contributed by atoms with E-state index < -0.39 is 19.1 Å². The number of carbonyl (C=O) groups is 3. The number of anilines is 5. The number of amides is 3. The molecule has 3 N–H and O–H groups in total. The molecule has 3 fully saturated rings. The standard InChI is InChI=1S/C47H52ClN10O4P/c1-4-31-26-39(52-47-50-29-37(48)44(54-47)51-38-13-5-6-14-42(38)63(2,3)62)33(28-49)27-41(31)57-20-17-34(18-21-57)56-24-22-55(23-25-56)19-8-7-10-32-11-9-12-35-36(32)30-58(46(35)61)40-15-16-43(59)53-45(40)60/h5-6,9,11-14,26-27,29,34,40H,4,8,15-25,30H2,1-3H3,(H,53,59,60)(H2,50,51,52,54). The molecule has 3 aromatic carbocycles. The van der Waals surface area contributed by atoms with Gasteiger partial charge in [0.05, 0.1) is 23.1 Å². The van der Waals surface area contributed by atoms with Gasteiger partial charge >= 0.3 is 0 Å². The molecular weight excluding hydrogens is 835 g/mol. The highest BCUT2D eigenvalue weighted by Gasteiger charge is 2.40. The molecule has 1 unspecified atom stereocenters. The summed E-state index contributed by atoms with van der Waals surface area (Å²) < 4.78 is 13.0. The lowest BCUT2D eigenvalue weighted by atomic mass is 9.98. The maximum Gasteiger partial charge on any atom is 0.255 e. The smallest absolute Gasteiger partial charge is 0.255 e. The predicted octanol–water partition coefficient (Wildman–Crippen LogP) is 6.09. The van der Waals surface area contributed by atoms with E-state index in [2.05, 4.69) is 65.5 Å². The zero-order valence-electron chi connectivity index (χ0n) is 35.9. The lowest BCUT2D eigenvalue weighted by Gasteiger charge is -2.43. The maximum absolute atomic E-state index is 13.2. The van der Waals surface area contributed by atoms with Gasteiger partial charge in [-0.05, 0) is 86.5 Å². The predicted molar refractivity (Wildman–Crippen MR) is 247 cm³/mol. The van der Waals surface area contributed by atoms with Crippen LogP contribution in [0.2, 0.25) is 5.02 Å². The van der Waals surface area contributed by atoms with Gasteiger partial charge in [-0.3, -0.25) is 29.5 Å². The topological polar surface area (TPSA) is 167 Å². The second-order valence-corrected chi connectivity index (χ2v) is 20.5. The van der Waals surface area contributed by atoms with E-state index in [4.69, 9.17) is 11.6 Å². The number of hydrogen-bond acceptors (Lipinski definition) is 12. The normalized spacial score (nSPS) is 18.7. The highest BCUT2D eigenvalue weighted by atomic mass is 35.5. The van der Waals surface area contributed by atoms with Gasteiger partial charge in [0, 0.05) is 93.4 Å². The first-order chi connectivity index (χ1) is 30.4. The largest absolute Gasteiger partial charge is 0.371 e. The zero-order chi connectivity index (χ0) is 44.3. The second kappa shape index (κ2) is 18.9. The number of benzene rings is 3. The van der Waals surface area contributed by atoms with Crippen LogP contribution in [0.5, 0.6) is 0 Å². The van der Waals surface area contributed by atoms with Crippen molar-refractivity contribution >= 4 is 70.6 Å². The number of nitrogens with zero attached hydrogens (tertiary/aromatic N) is 7. The summed E-state index contributed by atoms with van der Waals surface area (Å²) >= 11 is 6.50. The Kier molecular flexibility index (Phi) is 13.2. The summed E-state index contributed by atoms with van der Waals surface area (Å²) in [6.45, 7) is 12.6. The molecule has 4 aliphatic rings. The van der Waals surface area contributed by atoms with Crippen LogP contribution in [0.1, 0.15) is 71.6 Å². The fourth-order valence-corrected chi connectivity index (χ4v) is 10.4. The van der Waals surface area contributed by atoms with Crippen LogP contribution >= 0.6 is 18.7 Å². The first-order valence-electron chi connectivity index (χ1n) is 21.6. The maximum atomic E-state index is 13.2. The molecule has 8 rings (SSSR count). The minimum absolute atomic E-state index is 0.185. The van der Waals surface area contributed by atoms with Crippen molar-refractivity contribution < 1.29 is 18.9 Å². The number of nitrogens with one attached hydrogen (secondary N) is 3. The third-order valence-corrected chi connectivity index (χ3v) is 14.4. The average Bonchev–Trinajstić information content (AvgIpc) is 3.62. The molecule has 16 heteroatoms. The van der Waals surface area contributed by atoms with Crippen LogP contribution in [0.15, 0.2) is 60.8 Å². The van der Waals surface area contributed by atoms with Gasteiger partial charge in [-0.15, -0.1) is 0 Å². The van der Waals surface area contributed by atoms with E-state index in [1.54, 1.807) is 24.3 Å². The number of para-hydroxylation sites is 1. The summed E-state index contributed by atoms with van der Waals surface area (Å²) in [6.07, 6.45) is 5.67. The lowest BCUT2D eigenvalue weighted by molar-refractivity contribution is -0.136. The van der Waals surface area contributed by atoms with Crippen molar-refractivity contribution in [1.29, 1.82) is 5.26 Å². The van der Waals surface area contributed by atoms with Gasteiger partial charge < -0.3 is 25.0 Å². The molecule has 1 aromatic heterocycles. The van der Waals surface area contributed by atoms with Crippen molar-refractivity contribution in [3.05, 3.63) is 93.6 Å². The number of rotatable bonds is 11. The van der Waals surface area contributed by atoms with Crippen LogP contribution in [-0.2, 0) is 27.1 Å². The quantitative estimate of drug-likeness (QED) is 0.0903. The molecule has 4 aromatic rings. The number of carbonyl (C=O) groups excluding carboxylic acids is 3. The van der Waals surface area contributed by atoms with Crippen molar-refractivity contribution in [2.75, 3.05) is 74.7 Å². The van der Waals surface area contributed by atoms with Gasteiger partial charge in [0.25, 0.3) is 5.91 Å². The number of aromatic nitrogens is 2. The summed E-state index contributed by atoms with van der Waals surface area (Å²) in [7, 11) is -2.58. The summed E-state index contributed by atoms with van der Waals surface area (Å²) in [6, 6.07) is 19.2. The molecule has 0 aliphatic carbocycles. The van der Waals surface area contributed by atoms with Crippen LogP contribution in [0.4, 0.5) is 28.8 Å². The highest BCUT2D eigenvalue weighted by molar-refractivity contribution is 7.70. The number of piperidine rings is 2. The van der Waals surface area contributed by atoms with Crippen molar-refractivity contribution in [1.82, 2.24) is 30.0 Å². The molecule has 1 atom stereocenters. The lowest BCUT2D eigenvalue weighted by Crippen LogP contribution is -2.53. The fourth-order valence-electron chi connectivity index (χ4n) is 9.12. The van der Waals surface area contributed by atoms with Gasteiger partial charge in [0.15, 0.2) is 5.82 Å². The molecular formula is C47H52ClN10O4P. The van der Waals surface area contributed by atoms with E-state index in [9.17, 15) is 24.2 Å². The number of imide groups is 1. The molecule has 0 saturated carbocycles. The van der Waals surface area contributed by atoms with Gasteiger partial charge in [0.2, 0.25) is 17.8 Å². The Balaban J connectivity index is 0.829. The minimum Gasteiger partial charge on any atom is -0.371 e. The van der Waals surface area contributed by atoms with Crippen LogP contribution in [0.3, 0.4) is 0 Å². The molecule has 0 radical (unpaired) electrons. The highest BCUT2D eigenvalue weighted by Crippen LogP contribution is 2.39. The molecule has 14 nitrogen and oxygen atoms in total. The molecule has 3 saturated heterocycles. The average molecular weight is 887 g/mol. The van der Waals surface area contributed by atoms with Crippen molar-refractivity contribution in [3.8, 4) is 17.9 Å². The first kappa shape index (κ1) is 43.9. The molecule has 326 valence electrons. The Labute approximate surface area is 373 Å². The monoisotopic (exact) mass is 886 g/mol. The van der Waals surface area contributed by atoms with E-state index in [-0.39, 0.29) is 24.2 Å². The molecule has 0 bridgehead atoms. The van der Waals surface area contributed by atoms with Crippen LogP contribution in [-0.4, -0.2) is 114 Å². The third kappa shape index (κ3) is 9.75. The zero-order valence-corrected chi connectivity index (χ0v) is 37.6. The SMILES string of the molecule is CCc1cc(Nc2ncc(Cl)c(Nc3ccccc3P(C)(C)=O)n2)c(C#N)cc1N1CCC(N2CCN(CCC#Cc3cccc4c3CN(C3CCC(=O)NC3=O)C4=O)CC2)CC1. The number of fused-ring (bicyclic) bond motifs is 1. The van der Waals surface area contributed by atoms with E-state index in [0.717, 1.165) is 87.5 Å². The van der Waals surface area contributed by atoms with E-state index in [0.29, 0.717) is 64.1 Å². The summed E-state index contributed by atoms with van der Waals surface area (Å²) in [5.41, 5.74) is 6.25. The molecule has 3 amide bonds. The molecule has 63 heavy (non-hydrogen) atoms. The number of halogens is 1. The van der Waals surface area contributed by atoms with E-state index in [1.165, 1.54) is 6.20 Å². The minimum atomic E-state index is -2.58. The van der Waals surface area contributed by atoms with E-state index >= 15 is 0 Å². The summed E-state index contributed by atoms with van der Waals surface area (Å²) in [4.78, 5) is 55.5. The molecule has 5 heterocycles. The van der Waals surface area contributed by atoms with Crippen molar-refractivity contribution in [3.63, 3.8) is 0 Å². The number of piperazine rings is 1. The van der Waals surface area contributed by atoms with Gasteiger partial charge in [0.1, 0.15) is 24.3 Å². The Bertz CT molecular complexity index is 2580. The molecule has 0 spiro atoms. The van der Waals surface area contributed by atoms with Gasteiger partial charge in [-0.1, -0.05) is 48.6 Å². The summed E-state index contributed by atoms with van der Waals surface area (Å²) in [5.74, 6) is 6.40. The van der Waals surface area contributed by atoms with Crippen molar-refractivity contribution in [2.45, 2.75) is 64.1 Å². The van der Waals surface area contributed by atoms with Crippen LogP contribution in [0, 0.1) is 23.2 Å².